The summed E-state index contributed by atoms with van der Waals surface area (Å²) in [6.45, 7) is 0.442. The zero-order valence-electron chi connectivity index (χ0n) is 14.6. The number of para-hydroxylation sites is 1. The molecule has 5 heteroatoms. The first-order chi connectivity index (χ1) is 12.8. The van der Waals surface area contributed by atoms with Crippen molar-refractivity contribution < 1.29 is 14.1 Å². The highest BCUT2D eigenvalue weighted by Gasteiger charge is 2.33. The summed E-state index contributed by atoms with van der Waals surface area (Å²) in [5.74, 6) is 1.41. The lowest BCUT2D eigenvalue weighted by molar-refractivity contribution is 0.0726. The van der Waals surface area contributed by atoms with Gasteiger partial charge in [0, 0.05) is 17.7 Å². The minimum atomic E-state index is 0.0370. The lowest BCUT2D eigenvalue weighted by Crippen LogP contribution is -2.32. The second-order valence-electron chi connectivity index (χ2n) is 6.41. The van der Waals surface area contributed by atoms with Crippen LogP contribution < -0.4 is 4.74 Å². The summed E-state index contributed by atoms with van der Waals surface area (Å²) < 4.78 is 10.9. The van der Waals surface area contributed by atoms with E-state index < -0.39 is 0 Å². The van der Waals surface area contributed by atoms with E-state index in [1.54, 1.807) is 7.11 Å². The fourth-order valence-electron chi connectivity index (χ4n) is 3.04. The number of nitrogens with zero attached hydrogens (tertiary/aromatic N) is 2. The molecule has 1 heterocycles. The molecule has 5 nitrogen and oxygen atoms in total. The van der Waals surface area contributed by atoms with Crippen molar-refractivity contribution in [2.45, 2.75) is 25.4 Å². The third kappa shape index (κ3) is 3.33. The smallest absolute Gasteiger partial charge is 0.254 e. The van der Waals surface area contributed by atoms with Crippen molar-refractivity contribution in [3.05, 3.63) is 71.9 Å². The molecule has 0 unspecified atom stereocenters. The Morgan fingerprint density at radius 1 is 1.15 bits per heavy atom. The minimum absolute atomic E-state index is 0.0370. The predicted molar refractivity (Wildman–Crippen MR) is 97.8 cm³/mol. The van der Waals surface area contributed by atoms with Crippen LogP contribution in [-0.2, 0) is 6.54 Å². The molecule has 0 aliphatic heterocycles. The highest BCUT2D eigenvalue weighted by atomic mass is 16.5. The number of amides is 1. The summed E-state index contributed by atoms with van der Waals surface area (Å²) in [7, 11) is 1.63. The molecule has 0 atom stereocenters. The maximum Gasteiger partial charge on any atom is 0.254 e. The van der Waals surface area contributed by atoms with Gasteiger partial charge in [-0.3, -0.25) is 4.79 Å². The lowest BCUT2D eigenvalue weighted by atomic mass is 10.1. The normalized spacial score (nSPS) is 13.4. The third-order valence-electron chi connectivity index (χ3n) is 4.53. The summed E-state index contributed by atoms with van der Waals surface area (Å²) in [4.78, 5) is 14.7. The Morgan fingerprint density at radius 3 is 2.62 bits per heavy atom. The molecule has 0 bridgehead atoms. The van der Waals surface area contributed by atoms with Crippen molar-refractivity contribution in [1.82, 2.24) is 10.1 Å². The fourth-order valence-corrected chi connectivity index (χ4v) is 3.04. The van der Waals surface area contributed by atoms with E-state index in [4.69, 9.17) is 9.26 Å². The van der Waals surface area contributed by atoms with E-state index in [0.29, 0.717) is 17.9 Å². The van der Waals surface area contributed by atoms with Crippen LogP contribution in [0.25, 0.3) is 11.3 Å². The van der Waals surface area contributed by atoms with Gasteiger partial charge in [-0.15, -0.1) is 0 Å². The van der Waals surface area contributed by atoms with Crippen LogP contribution in [0.4, 0.5) is 0 Å². The average Bonchev–Trinajstić information content (AvgIpc) is 3.44. The predicted octanol–water partition coefficient (Wildman–Crippen LogP) is 4.16. The van der Waals surface area contributed by atoms with E-state index in [1.807, 2.05) is 65.6 Å². The van der Waals surface area contributed by atoms with Crippen LogP contribution in [0.3, 0.4) is 0 Å². The summed E-state index contributed by atoms with van der Waals surface area (Å²) >= 11 is 0. The summed E-state index contributed by atoms with van der Waals surface area (Å²) in [6.07, 6.45) is 2.07. The van der Waals surface area contributed by atoms with E-state index in [0.717, 1.165) is 29.8 Å². The molecule has 1 fully saturated rings. The van der Waals surface area contributed by atoms with Crippen molar-refractivity contribution in [3.8, 4) is 17.1 Å². The summed E-state index contributed by atoms with van der Waals surface area (Å²) in [5.41, 5.74) is 2.29. The van der Waals surface area contributed by atoms with Crippen LogP contribution in [0.15, 0.2) is 65.2 Å². The number of methoxy groups -OCH3 is 1. The monoisotopic (exact) mass is 348 g/mol. The van der Waals surface area contributed by atoms with Gasteiger partial charge in [-0.05, 0) is 37.1 Å². The molecule has 0 radical (unpaired) electrons. The molecule has 4 rings (SSSR count). The highest BCUT2D eigenvalue weighted by Crippen LogP contribution is 2.32. The summed E-state index contributed by atoms with van der Waals surface area (Å²) in [5, 5.41) is 4.17. The SMILES string of the molecule is COc1ccccc1-c1cc(CN(C(=O)c2ccccc2)C2CC2)no1. The Balaban J connectivity index is 1.56. The minimum Gasteiger partial charge on any atom is -0.496 e. The summed E-state index contributed by atoms with van der Waals surface area (Å²) in [6, 6.07) is 19.2. The number of carbonyl (C=O) groups excluding carboxylic acids is 1. The zero-order valence-corrected chi connectivity index (χ0v) is 14.6. The first kappa shape index (κ1) is 16.4. The highest BCUT2D eigenvalue weighted by molar-refractivity contribution is 5.94. The van der Waals surface area contributed by atoms with Gasteiger partial charge in [-0.1, -0.05) is 35.5 Å². The molecule has 1 aliphatic rings. The van der Waals surface area contributed by atoms with Gasteiger partial charge in [0.05, 0.1) is 19.2 Å². The molecule has 1 aliphatic carbocycles. The second kappa shape index (κ2) is 7.04. The topological polar surface area (TPSA) is 55.6 Å². The number of hydrogen-bond donors (Lipinski definition) is 0. The van der Waals surface area contributed by atoms with E-state index in [2.05, 4.69) is 5.16 Å². The number of ether oxygens (including phenoxy) is 1. The second-order valence-corrected chi connectivity index (χ2v) is 6.41. The molecular weight excluding hydrogens is 328 g/mol. The van der Waals surface area contributed by atoms with Crippen LogP contribution in [0.2, 0.25) is 0 Å². The van der Waals surface area contributed by atoms with Gasteiger partial charge in [0.25, 0.3) is 5.91 Å². The molecule has 26 heavy (non-hydrogen) atoms. The van der Waals surface area contributed by atoms with Crippen molar-refractivity contribution >= 4 is 5.91 Å². The Morgan fingerprint density at radius 2 is 1.88 bits per heavy atom. The van der Waals surface area contributed by atoms with Crippen molar-refractivity contribution in [2.75, 3.05) is 7.11 Å². The molecular formula is C21H20N2O3. The molecule has 0 spiro atoms. The third-order valence-corrected chi connectivity index (χ3v) is 4.53. The van der Waals surface area contributed by atoms with E-state index >= 15 is 0 Å². The van der Waals surface area contributed by atoms with Crippen LogP contribution in [0, 0.1) is 0 Å². The van der Waals surface area contributed by atoms with Gasteiger partial charge in [0.15, 0.2) is 5.76 Å². The average molecular weight is 348 g/mol. The van der Waals surface area contributed by atoms with Gasteiger partial charge in [0.2, 0.25) is 0 Å². The maximum atomic E-state index is 12.9. The van der Waals surface area contributed by atoms with Gasteiger partial charge >= 0.3 is 0 Å². The Bertz CT molecular complexity index is 900. The van der Waals surface area contributed by atoms with Crippen LogP contribution in [0.1, 0.15) is 28.9 Å². The molecule has 2 aromatic carbocycles. The lowest BCUT2D eigenvalue weighted by Gasteiger charge is -2.21. The quantitative estimate of drug-likeness (QED) is 0.671. The van der Waals surface area contributed by atoms with Crippen LogP contribution >= 0.6 is 0 Å². The molecule has 1 aromatic heterocycles. The molecule has 1 amide bonds. The first-order valence-corrected chi connectivity index (χ1v) is 8.71. The Labute approximate surface area is 152 Å². The number of benzene rings is 2. The van der Waals surface area contributed by atoms with Gasteiger partial charge in [-0.25, -0.2) is 0 Å². The number of hydrogen-bond acceptors (Lipinski definition) is 4. The number of aromatic nitrogens is 1. The van der Waals surface area contributed by atoms with Gasteiger partial charge in [-0.2, -0.15) is 0 Å². The fraction of sp³-hybridized carbons (Fsp3) is 0.238. The van der Waals surface area contributed by atoms with Crippen molar-refractivity contribution in [1.29, 1.82) is 0 Å². The molecule has 1 saturated carbocycles. The van der Waals surface area contributed by atoms with Crippen molar-refractivity contribution in [2.24, 2.45) is 0 Å². The number of rotatable bonds is 6. The molecule has 0 saturated heterocycles. The Hall–Kier alpha value is -3.08. The standard InChI is InChI=1S/C21H20N2O3/c1-25-19-10-6-5-9-18(19)20-13-16(22-26-20)14-23(17-11-12-17)21(24)15-7-3-2-4-8-15/h2-10,13,17H,11-12,14H2,1H3. The van der Waals surface area contributed by atoms with Crippen molar-refractivity contribution in [3.63, 3.8) is 0 Å². The van der Waals surface area contributed by atoms with E-state index in [1.165, 1.54) is 0 Å². The zero-order chi connectivity index (χ0) is 17.9. The van der Waals surface area contributed by atoms with Crippen LogP contribution in [-0.4, -0.2) is 29.1 Å². The number of carbonyl (C=O) groups is 1. The maximum absolute atomic E-state index is 12.9. The van der Waals surface area contributed by atoms with E-state index in [-0.39, 0.29) is 11.9 Å². The van der Waals surface area contributed by atoms with E-state index in [9.17, 15) is 4.79 Å². The molecule has 132 valence electrons. The molecule has 0 N–H and O–H groups in total. The van der Waals surface area contributed by atoms with Gasteiger partial charge in [0.1, 0.15) is 11.4 Å². The first-order valence-electron chi connectivity index (χ1n) is 8.71. The van der Waals surface area contributed by atoms with Gasteiger partial charge < -0.3 is 14.2 Å². The van der Waals surface area contributed by atoms with Crippen LogP contribution in [0.5, 0.6) is 5.75 Å². The largest absolute Gasteiger partial charge is 0.496 e. The Kier molecular flexibility index (Phi) is 4.44. The molecule has 3 aromatic rings.